The van der Waals surface area contributed by atoms with Crippen molar-refractivity contribution in [3.8, 4) is 11.5 Å². The number of pyridine rings is 1. The van der Waals surface area contributed by atoms with E-state index in [2.05, 4.69) is 34.1 Å². The summed E-state index contributed by atoms with van der Waals surface area (Å²) < 4.78 is 7.51. The Morgan fingerprint density at radius 1 is 1.24 bits per heavy atom. The molecule has 3 heterocycles. The largest absolute Gasteiger partial charge is 0.444 e. The van der Waals surface area contributed by atoms with Crippen molar-refractivity contribution >= 4 is 17.4 Å². The van der Waals surface area contributed by atoms with Gasteiger partial charge in [-0.05, 0) is 83.3 Å². The number of oxazole rings is 1. The highest BCUT2D eigenvalue weighted by molar-refractivity contribution is 6.03. The zero-order valence-electron chi connectivity index (χ0n) is 21.8. The average molecular weight is 505 g/mol. The van der Waals surface area contributed by atoms with Crippen molar-refractivity contribution in [3.05, 3.63) is 54.3 Å². The third kappa shape index (κ3) is 5.93. The third-order valence-corrected chi connectivity index (χ3v) is 7.34. The minimum atomic E-state index is -1.22. The number of aromatic nitrogens is 4. The number of aliphatic hydroxyl groups is 1. The van der Waals surface area contributed by atoms with Crippen LogP contribution in [0, 0.1) is 11.8 Å². The molecule has 3 aromatic rings. The van der Waals surface area contributed by atoms with Crippen LogP contribution in [0.25, 0.3) is 11.5 Å². The highest BCUT2D eigenvalue weighted by atomic mass is 16.3. The van der Waals surface area contributed by atoms with Gasteiger partial charge in [0.2, 0.25) is 5.89 Å². The zero-order chi connectivity index (χ0) is 26.2. The smallest absolute Gasteiger partial charge is 0.277 e. The molecule has 0 bridgehead atoms. The number of rotatable bonds is 9. The Balaban J connectivity index is 1.30. The van der Waals surface area contributed by atoms with E-state index in [0.29, 0.717) is 23.2 Å². The Bertz CT molecular complexity index is 1280. The van der Waals surface area contributed by atoms with Crippen LogP contribution in [-0.4, -0.2) is 37.3 Å². The molecule has 0 aromatic carbocycles. The molecule has 2 saturated carbocycles. The van der Waals surface area contributed by atoms with Gasteiger partial charge in [-0.25, -0.2) is 9.97 Å². The summed E-state index contributed by atoms with van der Waals surface area (Å²) in [7, 11) is 0. The number of amides is 1. The van der Waals surface area contributed by atoms with Gasteiger partial charge < -0.3 is 20.2 Å². The van der Waals surface area contributed by atoms with Crippen molar-refractivity contribution < 1.29 is 14.3 Å². The number of carbonyl (C=O) groups is 1. The van der Waals surface area contributed by atoms with Gasteiger partial charge in [0.25, 0.3) is 5.91 Å². The van der Waals surface area contributed by atoms with Gasteiger partial charge in [-0.15, -0.1) is 0 Å². The Kier molecular flexibility index (Phi) is 6.90. The van der Waals surface area contributed by atoms with Gasteiger partial charge in [-0.3, -0.25) is 9.48 Å². The fourth-order valence-electron chi connectivity index (χ4n) is 4.88. The first-order chi connectivity index (χ1) is 17.7. The standard InChI is InChI=1S/C28H36N6O3/c1-17(2)19-7-9-21(10-8-19)34-15-22(25(33-34)28(3,4)36)31-26(35)23-16-37-27(32-23)20-11-12-29-24(13-20)30-14-18-5-6-18/h11-13,15-16,18-19,21,36H,1,5-10,14H2,2-4H3,(H,29,30)(H,31,35)/t19-,21+. The summed E-state index contributed by atoms with van der Waals surface area (Å²) in [5.74, 6) is 1.95. The minimum absolute atomic E-state index is 0.149. The van der Waals surface area contributed by atoms with Crippen molar-refractivity contribution in [2.75, 3.05) is 17.2 Å². The van der Waals surface area contributed by atoms with E-state index >= 15 is 0 Å². The number of carbonyl (C=O) groups excluding carboxylic acids is 1. The number of hydrogen-bond donors (Lipinski definition) is 3. The molecular weight excluding hydrogens is 468 g/mol. The molecule has 0 atom stereocenters. The molecule has 0 unspecified atom stereocenters. The molecule has 1 amide bonds. The first kappa shape index (κ1) is 25.2. The van der Waals surface area contributed by atoms with Crippen LogP contribution >= 0.6 is 0 Å². The van der Waals surface area contributed by atoms with E-state index in [1.54, 1.807) is 26.1 Å². The quantitative estimate of drug-likeness (QED) is 0.327. The van der Waals surface area contributed by atoms with Crippen molar-refractivity contribution in [3.63, 3.8) is 0 Å². The number of allylic oxidation sites excluding steroid dienone is 1. The molecule has 0 spiro atoms. The Hall–Kier alpha value is -3.46. The van der Waals surface area contributed by atoms with Crippen LogP contribution in [0.5, 0.6) is 0 Å². The van der Waals surface area contributed by atoms with E-state index in [1.165, 1.54) is 24.7 Å². The van der Waals surface area contributed by atoms with Crippen molar-refractivity contribution in [2.45, 2.75) is 70.9 Å². The minimum Gasteiger partial charge on any atom is -0.444 e. The zero-order valence-corrected chi connectivity index (χ0v) is 21.8. The number of hydrogen-bond acceptors (Lipinski definition) is 7. The molecule has 2 aliphatic rings. The molecule has 5 rings (SSSR count). The van der Waals surface area contributed by atoms with Gasteiger partial charge in [0, 0.05) is 24.5 Å². The Morgan fingerprint density at radius 3 is 2.68 bits per heavy atom. The fraction of sp³-hybridized carbons (Fsp3) is 0.500. The van der Waals surface area contributed by atoms with Crippen molar-refractivity contribution in [1.82, 2.24) is 19.7 Å². The van der Waals surface area contributed by atoms with Crippen molar-refractivity contribution in [1.29, 1.82) is 0 Å². The van der Waals surface area contributed by atoms with Crippen LogP contribution in [0.2, 0.25) is 0 Å². The molecule has 0 saturated heterocycles. The van der Waals surface area contributed by atoms with Crippen LogP contribution in [0.15, 0.2) is 47.4 Å². The molecule has 3 aromatic heterocycles. The van der Waals surface area contributed by atoms with E-state index < -0.39 is 11.5 Å². The second kappa shape index (κ2) is 10.1. The lowest BCUT2D eigenvalue weighted by atomic mass is 9.82. The SMILES string of the molecule is C=C(C)[C@H]1CC[C@@H](n2cc(NC(=O)c3coc(-c4ccnc(NCC5CC5)c4)n3)c(C(C)(C)O)n2)CC1. The lowest BCUT2D eigenvalue weighted by Crippen LogP contribution is -2.22. The Morgan fingerprint density at radius 2 is 2.00 bits per heavy atom. The average Bonchev–Trinajstić information content (AvgIpc) is 3.38. The van der Waals surface area contributed by atoms with Crippen LogP contribution < -0.4 is 10.6 Å². The molecular formula is C28H36N6O3. The summed E-state index contributed by atoms with van der Waals surface area (Å²) in [6.07, 6.45) is 11.5. The summed E-state index contributed by atoms with van der Waals surface area (Å²) in [4.78, 5) is 21.9. The van der Waals surface area contributed by atoms with E-state index in [4.69, 9.17) is 9.52 Å². The maximum atomic E-state index is 13.1. The normalized spacial score (nSPS) is 20.0. The molecule has 196 valence electrons. The second-order valence-electron chi connectivity index (χ2n) is 11.0. The maximum Gasteiger partial charge on any atom is 0.277 e. The molecule has 2 fully saturated rings. The molecule has 9 nitrogen and oxygen atoms in total. The molecule has 2 aliphatic carbocycles. The lowest BCUT2D eigenvalue weighted by molar-refractivity contribution is 0.0731. The summed E-state index contributed by atoms with van der Waals surface area (Å²) in [6, 6.07) is 3.89. The van der Waals surface area contributed by atoms with Crippen LogP contribution in [0.1, 0.15) is 81.5 Å². The predicted octanol–water partition coefficient (Wildman–Crippen LogP) is 5.54. The lowest BCUT2D eigenvalue weighted by Gasteiger charge is -2.29. The van der Waals surface area contributed by atoms with Gasteiger partial charge in [-0.1, -0.05) is 12.2 Å². The highest BCUT2D eigenvalue weighted by Crippen LogP contribution is 2.37. The predicted molar refractivity (Wildman–Crippen MR) is 142 cm³/mol. The van der Waals surface area contributed by atoms with Crippen molar-refractivity contribution in [2.24, 2.45) is 11.8 Å². The summed E-state index contributed by atoms with van der Waals surface area (Å²) >= 11 is 0. The second-order valence-corrected chi connectivity index (χ2v) is 11.0. The molecule has 3 N–H and O–H groups in total. The van der Waals surface area contributed by atoms with Gasteiger partial charge in [0.05, 0.1) is 11.7 Å². The van der Waals surface area contributed by atoms with E-state index in [-0.39, 0.29) is 11.7 Å². The van der Waals surface area contributed by atoms with E-state index in [1.807, 2.05) is 16.9 Å². The molecule has 9 heteroatoms. The summed E-state index contributed by atoms with van der Waals surface area (Å²) in [5, 5.41) is 21.7. The monoisotopic (exact) mass is 504 g/mol. The number of nitrogens with one attached hydrogen (secondary N) is 2. The van der Waals surface area contributed by atoms with E-state index in [9.17, 15) is 9.90 Å². The summed E-state index contributed by atoms with van der Waals surface area (Å²) in [5.41, 5.74) is 1.79. The first-order valence-electron chi connectivity index (χ1n) is 13.1. The van der Waals surface area contributed by atoms with E-state index in [0.717, 1.165) is 49.5 Å². The first-order valence-corrected chi connectivity index (χ1v) is 13.1. The van der Waals surface area contributed by atoms with Crippen LogP contribution in [0.4, 0.5) is 11.5 Å². The van der Waals surface area contributed by atoms with Gasteiger partial charge in [-0.2, -0.15) is 5.10 Å². The Labute approximate surface area is 217 Å². The highest BCUT2D eigenvalue weighted by Gasteiger charge is 2.30. The van der Waals surface area contributed by atoms with Gasteiger partial charge in [0.15, 0.2) is 5.69 Å². The fourth-order valence-corrected chi connectivity index (χ4v) is 4.88. The molecule has 0 aliphatic heterocycles. The topological polar surface area (TPSA) is 118 Å². The van der Waals surface area contributed by atoms with Gasteiger partial charge in [0.1, 0.15) is 23.4 Å². The summed E-state index contributed by atoms with van der Waals surface area (Å²) in [6.45, 7) is 10.4. The number of nitrogens with zero attached hydrogens (tertiary/aromatic N) is 4. The van der Waals surface area contributed by atoms with Crippen LogP contribution in [-0.2, 0) is 5.60 Å². The number of anilines is 2. The van der Waals surface area contributed by atoms with Gasteiger partial charge >= 0.3 is 0 Å². The van der Waals surface area contributed by atoms with Crippen LogP contribution in [0.3, 0.4) is 0 Å². The molecule has 0 radical (unpaired) electrons. The third-order valence-electron chi connectivity index (χ3n) is 7.34. The molecule has 37 heavy (non-hydrogen) atoms. The maximum absolute atomic E-state index is 13.1.